The number of fused-ring (bicyclic) bond motifs is 1. The zero-order chi connectivity index (χ0) is 8.77. The Morgan fingerprint density at radius 1 is 1.83 bits per heavy atom. The van der Waals surface area contributed by atoms with Crippen molar-refractivity contribution in [3.8, 4) is 0 Å². The zero-order valence-electron chi connectivity index (χ0n) is 7.08. The Balaban J connectivity index is 2.48. The van der Waals surface area contributed by atoms with Crippen LogP contribution >= 0.6 is 0 Å². The maximum atomic E-state index is 10.1. The van der Waals surface area contributed by atoms with Gasteiger partial charge in [0.1, 0.15) is 11.4 Å². The minimum Gasteiger partial charge on any atom is -0.466 e. The Hall–Kier alpha value is -0.800. The first-order valence-corrected chi connectivity index (χ1v) is 4.18. The molecule has 0 spiro atoms. The van der Waals surface area contributed by atoms with Gasteiger partial charge in [-0.1, -0.05) is 6.92 Å². The molecule has 2 rings (SSSR count). The predicted octanol–water partition coefficient (Wildman–Crippen LogP) is 0.618. The van der Waals surface area contributed by atoms with E-state index in [1.165, 1.54) is 0 Å². The maximum Gasteiger partial charge on any atom is 0.140 e. The van der Waals surface area contributed by atoms with Crippen LogP contribution in [0.5, 0.6) is 0 Å². The third-order valence-electron chi connectivity index (χ3n) is 2.79. The normalized spacial score (nSPS) is 33.8. The number of furan rings is 1. The first-order chi connectivity index (χ1) is 5.68. The van der Waals surface area contributed by atoms with Gasteiger partial charge >= 0.3 is 0 Å². The SMILES string of the molecule is CC1Cc2ccoc2C1(O)CN. The number of rotatable bonds is 1. The molecule has 1 aliphatic carbocycles. The monoisotopic (exact) mass is 167 g/mol. The molecule has 3 heteroatoms. The molecular formula is C9H13NO2. The van der Waals surface area contributed by atoms with Gasteiger partial charge in [-0.2, -0.15) is 0 Å². The number of aliphatic hydroxyl groups is 1. The highest BCUT2D eigenvalue weighted by atomic mass is 16.4. The average Bonchev–Trinajstić information content (AvgIpc) is 2.57. The molecule has 0 radical (unpaired) electrons. The second-order valence-electron chi connectivity index (χ2n) is 3.51. The van der Waals surface area contributed by atoms with Crippen molar-refractivity contribution < 1.29 is 9.52 Å². The largest absolute Gasteiger partial charge is 0.466 e. The number of hydrogen-bond donors (Lipinski definition) is 2. The zero-order valence-corrected chi connectivity index (χ0v) is 7.08. The molecule has 0 fully saturated rings. The summed E-state index contributed by atoms with van der Waals surface area (Å²) in [4.78, 5) is 0. The summed E-state index contributed by atoms with van der Waals surface area (Å²) in [5.41, 5.74) is 5.68. The van der Waals surface area contributed by atoms with Gasteiger partial charge in [0.15, 0.2) is 0 Å². The van der Waals surface area contributed by atoms with Crippen molar-refractivity contribution in [3.05, 3.63) is 23.7 Å². The lowest BCUT2D eigenvalue weighted by molar-refractivity contribution is -0.0133. The fourth-order valence-corrected chi connectivity index (χ4v) is 1.89. The highest BCUT2D eigenvalue weighted by molar-refractivity contribution is 5.30. The van der Waals surface area contributed by atoms with E-state index in [2.05, 4.69) is 0 Å². The van der Waals surface area contributed by atoms with E-state index in [9.17, 15) is 5.11 Å². The van der Waals surface area contributed by atoms with Crippen molar-refractivity contribution >= 4 is 0 Å². The van der Waals surface area contributed by atoms with E-state index < -0.39 is 5.60 Å². The van der Waals surface area contributed by atoms with Crippen LogP contribution in [0.2, 0.25) is 0 Å². The minimum absolute atomic E-state index is 0.164. The van der Waals surface area contributed by atoms with Gasteiger partial charge in [-0.05, 0) is 24.0 Å². The molecule has 1 aromatic rings. The summed E-state index contributed by atoms with van der Waals surface area (Å²) in [6.07, 6.45) is 2.47. The molecule has 0 saturated carbocycles. The molecule has 0 saturated heterocycles. The molecule has 2 unspecified atom stereocenters. The molecule has 3 N–H and O–H groups in total. The van der Waals surface area contributed by atoms with E-state index >= 15 is 0 Å². The van der Waals surface area contributed by atoms with Gasteiger partial charge in [0.25, 0.3) is 0 Å². The summed E-state index contributed by atoms with van der Waals surface area (Å²) in [7, 11) is 0. The van der Waals surface area contributed by atoms with Crippen molar-refractivity contribution in [3.63, 3.8) is 0 Å². The second kappa shape index (κ2) is 2.34. The molecule has 0 bridgehead atoms. The van der Waals surface area contributed by atoms with E-state index in [1.807, 2.05) is 13.0 Å². The van der Waals surface area contributed by atoms with Crippen LogP contribution in [-0.2, 0) is 12.0 Å². The second-order valence-corrected chi connectivity index (χ2v) is 3.51. The highest BCUT2D eigenvalue weighted by Gasteiger charge is 2.44. The van der Waals surface area contributed by atoms with Gasteiger partial charge in [-0.15, -0.1) is 0 Å². The molecule has 2 atom stereocenters. The summed E-state index contributed by atoms with van der Waals surface area (Å²) in [5, 5.41) is 10.1. The average molecular weight is 167 g/mol. The lowest BCUT2D eigenvalue weighted by Gasteiger charge is -2.24. The lowest BCUT2D eigenvalue weighted by Crippen LogP contribution is -2.37. The predicted molar refractivity (Wildman–Crippen MR) is 44.5 cm³/mol. The Morgan fingerprint density at radius 3 is 3.25 bits per heavy atom. The highest BCUT2D eigenvalue weighted by Crippen LogP contribution is 2.40. The lowest BCUT2D eigenvalue weighted by atomic mass is 9.92. The van der Waals surface area contributed by atoms with Crippen molar-refractivity contribution in [2.24, 2.45) is 11.7 Å². The summed E-state index contributed by atoms with van der Waals surface area (Å²) >= 11 is 0. The van der Waals surface area contributed by atoms with Crippen LogP contribution in [0.3, 0.4) is 0 Å². The third-order valence-corrected chi connectivity index (χ3v) is 2.79. The molecule has 1 heterocycles. The van der Waals surface area contributed by atoms with Gasteiger partial charge in [-0.3, -0.25) is 0 Å². The Kier molecular flexibility index (Phi) is 1.53. The summed E-state index contributed by atoms with van der Waals surface area (Å²) in [6.45, 7) is 2.22. The van der Waals surface area contributed by atoms with Crippen LogP contribution in [0.25, 0.3) is 0 Å². The van der Waals surface area contributed by atoms with Gasteiger partial charge in [0.2, 0.25) is 0 Å². The molecule has 3 nitrogen and oxygen atoms in total. The van der Waals surface area contributed by atoms with Crippen LogP contribution < -0.4 is 5.73 Å². The van der Waals surface area contributed by atoms with Crippen molar-refractivity contribution in [2.75, 3.05) is 6.54 Å². The molecule has 66 valence electrons. The molecule has 12 heavy (non-hydrogen) atoms. The van der Waals surface area contributed by atoms with E-state index in [0.717, 1.165) is 12.0 Å². The summed E-state index contributed by atoms with van der Waals surface area (Å²) < 4.78 is 5.22. The third kappa shape index (κ3) is 0.778. The molecule has 0 aliphatic heterocycles. The van der Waals surface area contributed by atoms with Crippen molar-refractivity contribution in [1.29, 1.82) is 0 Å². The first kappa shape index (κ1) is 7.83. The molecule has 0 amide bonds. The molecule has 1 aliphatic rings. The minimum atomic E-state index is -0.932. The van der Waals surface area contributed by atoms with Crippen LogP contribution in [0.15, 0.2) is 16.7 Å². The van der Waals surface area contributed by atoms with Crippen LogP contribution in [0, 0.1) is 5.92 Å². The van der Waals surface area contributed by atoms with Crippen molar-refractivity contribution in [1.82, 2.24) is 0 Å². The Bertz CT molecular complexity index is 294. The first-order valence-electron chi connectivity index (χ1n) is 4.18. The van der Waals surface area contributed by atoms with E-state index in [1.54, 1.807) is 6.26 Å². The van der Waals surface area contributed by atoms with E-state index in [-0.39, 0.29) is 12.5 Å². The van der Waals surface area contributed by atoms with E-state index in [0.29, 0.717) is 5.76 Å². The van der Waals surface area contributed by atoms with E-state index in [4.69, 9.17) is 10.2 Å². The quantitative estimate of drug-likeness (QED) is 0.644. The molecule has 0 aromatic carbocycles. The molecule has 1 aromatic heterocycles. The Labute approximate surface area is 71.2 Å². The maximum absolute atomic E-state index is 10.1. The number of nitrogens with two attached hydrogens (primary N) is 1. The number of hydrogen-bond acceptors (Lipinski definition) is 3. The Morgan fingerprint density at radius 2 is 2.58 bits per heavy atom. The van der Waals surface area contributed by atoms with Crippen LogP contribution in [0.1, 0.15) is 18.2 Å². The fraction of sp³-hybridized carbons (Fsp3) is 0.556. The molecular weight excluding hydrogens is 154 g/mol. The topological polar surface area (TPSA) is 59.4 Å². The summed E-state index contributed by atoms with van der Waals surface area (Å²) in [6, 6.07) is 1.90. The van der Waals surface area contributed by atoms with Crippen LogP contribution in [-0.4, -0.2) is 11.7 Å². The summed E-state index contributed by atoms with van der Waals surface area (Å²) in [5.74, 6) is 0.829. The fourth-order valence-electron chi connectivity index (χ4n) is 1.89. The van der Waals surface area contributed by atoms with Crippen molar-refractivity contribution in [2.45, 2.75) is 18.9 Å². The van der Waals surface area contributed by atoms with Gasteiger partial charge in [0.05, 0.1) is 6.26 Å². The smallest absolute Gasteiger partial charge is 0.140 e. The van der Waals surface area contributed by atoms with Gasteiger partial charge in [-0.25, -0.2) is 0 Å². The van der Waals surface area contributed by atoms with Gasteiger partial charge in [0, 0.05) is 6.54 Å². The van der Waals surface area contributed by atoms with Crippen LogP contribution in [0.4, 0.5) is 0 Å². The van der Waals surface area contributed by atoms with Gasteiger partial charge < -0.3 is 15.3 Å². The standard InChI is InChI=1S/C9H13NO2/c1-6-4-7-2-3-12-8(7)9(6,11)5-10/h2-3,6,11H,4-5,10H2,1H3.